The van der Waals surface area contributed by atoms with E-state index in [9.17, 15) is 15.1 Å². The second-order valence-electron chi connectivity index (χ2n) is 3.66. The molecule has 0 aromatic heterocycles. The molecular weight excluding hydrogens is 510 g/mol. The molecular formula is C12H12IMoO7P. The van der Waals surface area contributed by atoms with Crippen LogP contribution in [0.5, 0.6) is 0 Å². The van der Waals surface area contributed by atoms with Gasteiger partial charge >= 0.3 is 73.9 Å². The molecule has 2 aromatic carbocycles. The fourth-order valence-electron chi connectivity index (χ4n) is 1.20. The minimum atomic E-state index is -6.28. The van der Waals surface area contributed by atoms with Crippen molar-refractivity contribution in [3.63, 3.8) is 0 Å². The van der Waals surface area contributed by atoms with Gasteiger partial charge in [0, 0.05) is 0 Å². The molecule has 0 saturated heterocycles. The summed E-state index contributed by atoms with van der Waals surface area (Å²) in [5.74, 6) is 0. The first-order valence-corrected chi connectivity index (χ1v) is 12.6. The number of hydrogen-bond donors (Lipinski definition) is 2. The number of phosphoric acid groups is 1. The predicted octanol–water partition coefficient (Wildman–Crippen LogP) is -2.05. The van der Waals surface area contributed by atoms with Crippen molar-refractivity contribution in [2.24, 2.45) is 0 Å². The quantitative estimate of drug-likeness (QED) is 0.269. The molecule has 10 heteroatoms. The second kappa shape index (κ2) is 8.98. The fraction of sp³-hybridized carbons (Fsp3) is 0. The Morgan fingerprint density at radius 3 is 1.50 bits per heavy atom. The minimum absolute atomic E-state index is 0.0287. The third-order valence-electron chi connectivity index (χ3n) is 1.87. The maximum atomic E-state index is 9.57. The molecule has 7 nitrogen and oxygen atoms in total. The smallest absolute Gasteiger partial charge is 0.0619 e. The van der Waals surface area contributed by atoms with Crippen molar-refractivity contribution in [1.82, 2.24) is 0 Å². The van der Waals surface area contributed by atoms with Crippen molar-refractivity contribution >= 4 is 7.82 Å². The van der Waals surface area contributed by atoms with Crippen LogP contribution in [0.3, 0.4) is 0 Å². The van der Waals surface area contributed by atoms with Gasteiger partial charge in [0.15, 0.2) is 7.14 Å². The third-order valence-corrected chi connectivity index (χ3v) is 7.71. The molecule has 22 heavy (non-hydrogen) atoms. The topological polar surface area (TPSA) is 124 Å². The number of rotatable bonds is 4. The zero-order valence-electron chi connectivity index (χ0n) is 10.9. The molecule has 0 spiro atoms. The van der Waals surface area contributed by atoms with Crippen LogP contribution < -0.4 is 25.0 Å². The van der Waals surface area contributed by atoms with E-state index in [2.05, 4.69) is 63.8 Å². The van der Waals surface area contributed by atoms with Crippen molar-refractivity contribution in [3.8, 4) is 0 Å². The van der Waals surface area contributed by atoms with Crippen LogP contribution in [0.25, 0.3) is 0 Å². The summed E-state index contributed by atoms with van der Waals surface area (Å²) in [4.78, 5) is 15.4. The molecule has 0 aliphatic carbocycles. The van der Waals surface area contributed by atoms with E-state index >= 15 is 0 Å². The summed E-state index contributed by atoms with van der Waals surface area (Å²) < 4.78 is 43.8. The Morgan fingerprint density at radius 2 is 1.27 bits per heavy atom. The van der Waals surface area contributed by atoms with Crippen LogP contribution in [-0.4, -0.2) is 9.79 Å². The van der Waals surface area contributed by atoms with Crippen molar-refractivity contribution in [2.45, 2.75) is 0 Å². The Labute approximate surface area is 141 Å². The van der Waals surface area contributed by atoms with Crippen LogP contribution in [0.2, 0.25) is 0 Å². The average molecular weight is 522 g/mol. The molecule has 120 valence electrons. The van der Waals surface area contributed by atoms with Gasteiger partial charge in [0.2, 0.25) is 0 Å². The summed E-state index contributed by atoms with van der Waals surface area (Å²) in [5.41, 5.74) is 0. The van der Waals surface area contributed by atoms with E-state index in [1.54, 1.807) is 0 Å². The van der Waals surface area contributed by atoms with Gasteiger partial charge in [-0.05, 0) is 24.3 Å². The molecule has 0 aliphatic rings. The zero-order valence-corrected chi connectivity index (χ0v) is 16.0. The van der Waals surface area contributed by atoms with Gasteiger partial charge in [-0.25, -0.2) is 0 Å². The molecule has 2 aromatic rings. The zero-order chi connectivity index (χ0) is 16.6. The van der Waals surface area contributed by atoms with Gasteiger partial charge in [0.05, 0.1) is 0 Å². The van der Waals surface area contributed by atoms with Crippen LogP contribution in [0.15, 0.2) is 60.7 Å². The molecule has 0 aliphatic heterocycles. The molecule has 0 heterocycles. The van der Waals surface area contributed by atoms with Gasteiger partial charge in [-0.2, -0.15) is 0 Å². The molecule has 0 atom stereocenters. The Kier molecular flexibility index (Phi) is 7.99. The van der Waals surface area contributed by atoms with Crippen LogP contribution in [-0.2, 0) is 31.3 Å². The maximum Gasteiger partial charge on any atom is 0.357 e. The summed E-state index contributed by atoms with van der Waals surface area (Å²) in [6.45, 7) is 0. The van der Waals surface area contributed by atoms with E-state index < -0.39 is 24.6 Å². The Hall–Kier alpha value is -0.472. The van der Waals surface area contributed by atoms with Gasteiger partial charge in [-0.1, -0.05) is 36.4 Å². The Bertz CT molecular complexity index is 678. The normalized spacial score (nSPS) is 11.4. The van der Waals surface area contributed by atoms with Crippen molar-refractivity contribution in [2.75, 3.05) is 0 Å². The third kappa shape index (κ3) is 10.3. The van der Waals surface area contributed by atoms with Crippen LogP contribution >= 0.6 is 7.82 Å². The van der Waals surface area contributed by atoms with E-state index in [0.717, 1.165) is 0 Å². The molecule has 0 bridgehead atoms. The second-order valence-corrected chi connectivity index (χ2v) is 10.9. The van der Waals surface area contributed by atoms with Crippen molar-refractivity contribution in [3.05, 3.63) is 67.8 Å². The summed E-state index contributed by atoms with van der Waals surface area (Å²) in [7, 11) is -5.14. The summed E-state index contributed by atoms with van der Waals surface area (Å²) >= 11 is -6.25. The molecule has 2 rings (SSSR count). The summed E-state index contributed by atoms with van der Waals surface area (Å²) in [5, 5.41) is 0. The van der Waals surface area contributed by atoms with Gasteiger partial charge in [-0.15, -0.1) is 0 Å². The first-order chi connectivity index (χ1) is 10.2. The Balaban J connectivity index is 0.000000239. The summed E-state index contributed by atoms with van der Waals surface area (Å²) in [6, 6.07) is 21.4. The van der Waals surface area contributed by atoms with Crippen LogP contribution in [0.4, 0.5) is 0 Å². The maximum absolute atomic E-state index is 9.57. The predicted molar refractivity (Wildman–Crippen MR) is 64.8 cm³/mol. The van der Waals surface area contributed by atoms with E-state index in [1.165, 1.54) is 7.14 Å². The molecule has 0 radical (unpaired) electrons. The molecule has 0 saturated carbocycles. The van der Waals surface area contributed by atoms with E-state index in [4.69, 9.17) is 9.79 Å². The number of halogens is 1. The first kappa shape index (κ1) is 19.6. The summed E-state index contributed by atoms with van der Waals surface area (Å²) in [6.07, 6.45) is 0. The monoisotopic (exact) mass is 524 g/mol. The molecule has 0 amide bonds. The largest absolute Gasteiger partial charge is 0.357 e. The van der Waals surface area contributed by atoms with Crippen molar-refractivity contribution < 1.29 is 66.0 Å². The van der Waals surface area contributed by atoms with Gasteiger partial charge < -0.3 is 0 Å². The van der Waals surface area contributed by atoms with Gasteiger partial charge in [0.1, 0.15) is 0 Å². The first-order valence-electron chi connectivity index (χ1n) is 5.63. The van der Waals surface area contributed by atoms with Crippen molar-refractivity contribution in [1.29, 1.82) is 0 Å². The Morgan fingerprint density at radius 1 is 0.909 bits per heavy atom. The van der Waals surface area contributed by atoms with E-state index in [0.29, 0.717) is 0 Å². The fourth-order valence-corrected chi connectivity index (χ4v) is 5.46. The minimum Gasteiger partial charge on any atom is -0.0619 e. The standard InChI is InChI=1S/C12H10I.Mo.H3O4P.3O/c1-3-7-11(8-4-1)13-12-9-5-2-6-10-12;;1-5(2,3)4;;;/h1-10H;;(H3,1,2,3,4);;;/q2*+1;;;;-1/p-1. The molecule has 0 unspecified atom stereocenters. The average Bonchev–Trinajstić information content (AvgIpc) is 2.37. The van der Waals surface area contributed by atoms with Gasteiger partial charge in [0.25, 0.3) is 0 Å². The van der Waals surface area contributed by atoms with E-state index in [-0.39, 0.29) is 21.2 Å². The van der Waals surface area contributed by atoms with Crippen LogP contribution in [0.1, 0.15) is 0 Å². The number of benzene rings is 2. The van der Waals surface area contributed by atoms with Crippen LogP contribution in [0, 0.1) is 7.14 Å². The molecule has 0 fully saturated rings. The van der Waals surface area contributed by atoms with Gasteiger partial charge in [-0.3, -0.25) is 0 Å². The molecule has 2 N–H and O–H groups in total. The number of hydrogen-bond acceptors (Lipinski definition) is 5. The SMILES string of the molecule is O=P(O)(O)[O][Mo](=[O])(=[O])[O-].c1ccc([I+]c2ccccc2)cc1. The van der Waals surface area contributed by atoms with E-state index in [1.807, 2.05) is 0 Å².